The molecule has 2 unspecified atom stereocenters. The topological polar surface area (TPSA) is 49.3 Å². The van der Waals surface area contributed by atoms with E-state index < -0.39 is 0 Å². The average molecular weight is 303 g/mol. The van der Waals surface area contributed by atoms with Gasteiger partial charge in [-0.3, -0.25) is 4.79 Å². The van der Waals surface area contributed by atoms with Gasteiger partial charge in [0.1, 0.15) is 0 Å². The molecule has 1 saturated carbocycles. The zero-order chi connectivity index (χ0) is 15.8. The first-order valence-electron chi connectivity index (χ1n) is 8.67. The summed E-state index contributed by atoms with van der Waals surface area (Å²) in [6.45, 7) is 2.42. The van der Waals surface area contributed by atoms with E-state index in [4.69, 9.17) is 0 Å². The molecule has 2 N–H and O–H groups in total. The van der Waals surface area contributed by atoms with Gasteiger partial charge in [-0.2, -0.15) is 0 Å². The lowest BCUT2D eigenvalue weighted by Crippen LogP contribution is -2.34. The van der Waals surface area contributed by atoms with Crippen LogP contribution in [0.2, 0.25) is 0 Å². The molecule has 2 rings (SSSR count). The van der Waals surface area contributed by atoms with Crippen molar-refractivity contribution in [1.82, 2.24) is 5.32 Å². The summed E-state index contributed by atoms with van der Waals surface area (Å²) in [6.07, 6.45) is 7.24. The third-order valence-corrected chi connectivity index (χ3v) is 4.65. The quantitative estimate of drug-likeness (QED) is 0.788. The highest BCUT2D eigenvalue weighted by Crippen LogP contribution is 2.24. The molecule has 1 fully saturated rings. The Kier molecular flexibility index (Phi) is 6.91. The number of carbonyl (C=O) groups is 1. The monoisotopic (exact) mass is 303 g/mol. The molecule has 22 heavy (non-hydrogen) atoms. The summed E-state index contributed by atoms with van der Waals surface area (Å²) in [5.41, 5.74) is 1.18. The molecule has 1 aromatic rings. The number of aliphatic hydroxyl groups excluding tert-OH is 1. The van der Waals surface area contributed by atoms with Crippen molar-refractivity contribution in [3.8, 4) is 0 Å². The normalized spacial score (nSPS) is 19.2. The predicted octanol–water partition coefficient (Wildman–Crippen LogP) is 3.63. The molecule has 1 aliphatic rings. The van der Waals surface area contributed by atoms with E-state index in [9.17, 15) is 9.90 Å². The Morgan fingerprint density at radius 3 is 2.41 bits per heavy atom. The largest absolute Gasteiger partial charge is 0.393 e. The second-order valence-electron chi connectivity index (χ2n) is 6.63. The van der Waals surface area contributed by atoms with Gasteiger partial charge in [-0.05, 0) is 31.7 Å². The van der Waals surface area contributed by atoms with E-state index in [1.54, 1.807) is 0 Å². The number of hydrogen-bond donors (Lipinski definition) is 2. The van der Waals surface area contributed by atoms with E-state index in [1.807, 2.05) is 25.1 Å². The van der Waals surface area contributed by atoms with Gasteiger partial charge in [0, 0.05) is 18.4 Å². The highest BCUT2D eigenvalue weighted by molar-refractivity contribution is 5.78. The average Bonchev–Trinajstić information content (AvgIpc) is 2.81. The molecular weight excluding hydrogens is 274 g/mol. The molecule has 1 aliphatic carbocycles. The van der Waals surface area contributed by atoms with Gasteiger partial charge in [-0.1, -0.05) is 56.0 Å². The third kappa shape index (κ3) is 5.45. The Morgan fingerprint density at radius 1 is 1.18 bits per heavy atom. The minimum atomic E-state index is -0.361. The van der Waals surface area contributed by atoms with Crippen LogP contribution in [0.1, 0.15) is 63.4 Å². The summed E-state index contributed by atoms with van der Waals surface area (Å²) in [6, 6.07) is 10.2. The van der Waals surface area contributed by atoms with Gasteiger partial charge in [-0.15, -0.1) is 0 Å². The first-order chi connectivity index (χ1) is 10.7. The minimum Gasteiger partial charge on any atom is -0.393 e. The van der Waals surface area contributed by atoms with Crippen molar-refractivity contribution in [2.45, 2.75) is 63.9 Å². The minimum absolute atomic E-state index is 0.177. The van der Waals surface area contributed by atoms with Crippen LogP contribution >= 0.6 is 0 Å². The first-order valence-corrected chi connectivity index (χ1v) is 8.67. The molecule has 3 nitrogen and oxygen atoms in total. The van der Waals surface area contributed by atoms with Crippen LogP contribution in [0.15, 0.2) is 30.3 Å². The van der Waals surface area contributed by atoms with Crippen LogP contribution in [0.4, 0.5) is 0 Å². The number of rotatable bonds is 6. The zero-order valence-electron chi connectivity index (χ0n) is 13.6. The van der Waals surface area contributed by atoms with E-state index in [2.05, 4.69) is 17.4 Å². The number of hydrogen-bond acceptors (Lipinski definition) is 2. The number of amides is 1. The lowest BCUT2D eigenvalue weighted by atomic mass is 9.92. The fraction of sp³-hybridized carbons (Fsp3) is 0.632. The van der Waals surface area contributed by atoms with Crippen molar-refractivity contribution in [3.05, 3.63) is 35.9 Å². The van der Waals surface area contributed by atoms with Crippen molar-refractivity contribution in [2.75, 3.05) is 6.54 Å². The second-order valence-corrected chi connectivity index (χ2v) is 6.63. The third-order valence-electron chi connectivity index (χ3n) is 4.65. The van der Waals surface area contributed by atoms with Crippen LogP contribution in [0, 0.1) is 5.92 Å². The Labute approximate surface area is 134 Å². The van der Waals surface area contributed by atoms with Crippen molar-refractivity contribution in [1.29, 1.82) is 0 Å². The van der Waals surface area contributed by atoms with E-state index >= 15 is 0 Å². The van der Waals surface area contributed by atoms with E-state index in [0.717, 1.165) is 12.8 Å². The van der Waals surface area contributed by atoms with Crippen molar-refractivity contribution in [2.24, 2.45) is 5.92 Å². The summed E-state index contributed by atoms with van der Waals surface area (Å²) in [7, 11) is 0. The molecule has 0 aliphatic heterocycles. The number of aliphatic hydroxyl groups is 1. The van der Waals surface area contributed by atoms with Gasteiger partial charge in [0.25, 0.3) is 0 Å². The van der Waals surface area contributed by atoms with Gasteiger partial charge >= 0.3 is 0 Å². The predicted molar refractivity (Wildman–Crippen MR) is 89.7 cm³/mol. The summed E-state index contributed by atoms with van der Waals surface area (Å²) >= 11 is 0. The SMILES string of the molecule is CC(O)CC(CNC(=O)C1CCCCCC1)c1ccccc1. The fourth-order valence-electron chi connectivity index (χ4n) is 3.38. The van der Waals surface area contributed by atoms with Crippen molar-refractivity contribution >= 4 is 5.91 Å². The van der Waals surface area contributed by atoms with Crippen LogP contribution in [0.3, 0.4) is 0 Å². The van der Waals surface area contributed by atoms with Crippen molar-refractivity contribution < 1.29 is 9.90 Å². The summed E-state index contributed by atoms with van der Waals surface area (Å²) in [5.74, 6) is 0.565. The van der Waals surface area contributed by atoms with Gasteiger partial charge in [0.2, 0.25) is 5.91 Å². The molecule has 2 atom stereocenters. The van der Waals surface area contributed by atoms with E-state index in [-0.39, 0.29) is 23.8 Å². The molecule has 0 bridgehead atoms. The maximum atomic E-state index is 12.4. The molecule has 0 spiro atoms. The molecule has 0 aromatic heterocycles. The summed E-state index contributed by atoms with van der Waals surface area (Å²) in [5, 5.41) is 12.9. The maximum Gasteiger partial charge on any atom is 0.223 e. The van der Waals surface area contributed by atoms with Gasteiger partial charge < -0.3 is 10.4 Å². The van der Waals surface area contributed by atoms with Crippen LogP contribution in [0.25, 0.3) is 0 Å². The second kappa shape index (κ2) is 8.94. The van der Waals surface area contributed by atoms with Gasteiger partial charge in [0.15, 0.2) is 0 Å². The molecule has 122 valence electrons. The van der Waals surface area contributed by atoms with Crippen molar-refractivity contribution in [3.63, 3.8) is 0 Å². The molecular formula is C19H29NO2. The highest BCUT2D eigenvalue weighted by Gasteiger charge is 2.21. The zero-order valence-corrected chi connectivity index (χ0v) is 13.6. The Morgan fingerprint density at radius 2 is 1.82 bits per heavy atom. The lowest BCUT2D eigenvalue weighted by molar-refractivity contribution is -0.125. The van der Waals surface area contributed by atoms with Gasteiger partial charge in [0.05, 0.1) is 6.10 Å². The van der Waals surface area contributed by atoms with E-state index in [0.29, 0.717) is 13.0 Å². The Hall–Kier alpha value is -1.35. The molecule has 0 radical (unpaired) electrons. The molecule has 3 heteroatoms. The Balaban J connectivity index is 1.91. The molecule has 1 aromatic carbocycles. The smallest absolute Gasteiger partial charge is 0.223 e. The summed E-state index contributed by atoms with van der Waals surface area (Å²) in [4.78, 5) is 12.4. The molecule has 0 heterocycles. The number of benzene rings is 1. The van der Waals surface area contributed by atoms with Crippen LogP contribution < -0.4 is 5.32 Å². The van der Waals surface area contributed by atoms with Crippen LogP contribution in [-0.4, -0.2) is 23.7 Å². The highest BCUT2D eigenvalue weighted by atomic mass is 16.3. The lowest BCUT2D eigenvalue weighted by Gasteiger charge is -2.21. The summed E-state index contributed by atoms with van der Waals surface area (Å²) < 4.78 is 0. The molecule has 1 amide bonds. The fourth-order valence-corrected chi connectivity index (χ4v) is 3.38. The number of nitrogens with one attached hydrogen (secondary N) is 1. The van der Waals surface area contributed by atoms with Crippen LogP contribution in [0.5, 0.6) is 0 Å². The maximum absolute atomic E-state index is 12.4. The molecule has 0 saturated heterocycles. The standard InChI is InChI=1S/C19H29NO2/c1-15(21)13-18(16-9-7-4-8-10-16)14-20-19(22)17-11-5-2-3-6-12-17/h4,7-10,15,17-18,21H,2-3,5-6,11-14H2,1H3,(H,20,22). The first kappa shape index (κ1) is 17.0. The number of carbonyl (C=O) groups excluding carboxylic acids is 1. The van der Waals surface area contributed by atoms with Crippen LogP contribution in [-0.2, 0) is 4.79 Å². The van der Waals surface area contributed by atoms with E-state index in [1.165, 1.54) is 31.2 Å². The van der Waals surface area contributed by atoms with Gasteiger partial charge in [-0.25, -0.2) is 0 Å². The Bertz CT molecular complexity index is 436.